The highest BCUT2D eigenvalue weighted by atomic mass is 19.4. The van der Waals surface area contributed by atoms with Crippen molar-refractivity contribution in [1.82, 2.24) is 4.98 Å². The Labute approximate surface area is 92.2 Å². The molecule has 0 radical (unpaired) electrons. The number of rotatable bonds is 3. The summed E-state index contributed by atoms with van der Waals surface area (Å²) in [5.74, 6) is -0.566. The van der Waals surface area contributed by atoms with Gasteiger partial charge in [-0.3, -0.25) is 4.79 Å². The Morgan fingerprint density at radius 2 is 2.00 bits per heavy atom. The van der Waals surface area contributed by atoms with Crippen molar-refractivity contribution in [3.63, 3.8) is 0 Å². The van der Waals surface area contributed by atoms with E-state index in [0.717, 1.165) is 7.11 Å². The predicted molar refractivity (Wildman–Crippen MR) is 46.1 cm³/mol. The molecule has 0 fully saturated rings. The highest BCUT2D eigenvalue weighted by molar-refractivity contribution is 5.78. The Morgan fingerprint density at radius 1 is 1.41 bits per heavy atom. The van der Waals surface area contributed by atoms with Gasteiger partial charge in [0.1, 0.15) is 5.69 Å². The lowest BCUT2D eigenvalue weighted by Crippen LogP contribution is -2.13. The largest absolute Gasteiger partial charge is 0.480 e. The van der Waals surface area contributed by atoms with E-state index in [0.29, 0.717) is 6.07 Å². The number of methoxy groups -OCH3 is 1. The molecule has 1 aromatic heterocycles. The molecule has 8 heteroatoms. The van der Waals surface area contributed by atoms with Crippen molar-refractivity contribution in [2.45, 2.75) is 12.6 Å². The average molecular weight is 255 g/mol. The van der Waals surface area contributed by atoms with E-state index in [1.165, 1.54) is 0 Å². The maximum Gasteiger partial charge on any atom is 0.418 e. The number of carbonyl (C=O) groups is 1. The molecule has 17 heavy (non-hydrogen) atoms. The van der Waals surface area contributed by atoms with Crippen molar-refractivity contribution in [3.05, 3.63) is 22.9 Å². The van der Waals surface area contributed by atoms with E-state index in [1.54, 1.807) is 0 Å². The molecule has 0 bridgehead atoms. The van der Waals surface area contributed by atoms with Gasteiger partial charge in [0.25, 0.3) is 6.43 Å². The van der Waals surface area contributed by atoms with Crippen molar-refractivity contribution >= 4 is 6.29 Å². The van der Waals surface area contributed by atoms with Crippen LogP contribution in [0.5, 0.6) is 5.88 Å². The number of nitrogens with zero attached hydrogens (tertiary/aromatic N) is 1. The van der Waals surface area contributed by atoms with Crippen LogP contribution < -0.4 is 4.74 Å². The van der Waals surface area contributed by atoms with Gasteiger partial charge in [0.15, 0.2) is 6.29 Å². The molecular formula is C9H6F5NO2. The number of alkyl halides is 5. The summed E-state index contributed by atoms with van der Waals surface area (Å²) in [6.07, 6.45) is -8.37. The van der Waals surface area contributed by atoms with Gasteiger partial charge in [-0.25, -0.2) is 13.8 Å². The maximum atomic E-state index is 12.4. The van der Waals surface area contributed by atoms with Crippen molar-refractivity contribution in [2.75, 3.05) is 7.11 Å². The lowest BCUT2D eigenvalue weighted by molar-refractivity contribution is -0.140. The van der Waals surface area contributed by atoms with Gasteiger partial charge >= 0.3 is 6.18 Å². The van der Waals surface area contributed by atoms with E-state index in [2.05, 4.69) is 9.72 Å². The monoisotopic (exact) mass is 255 g/mol. The minimum Gasteiger partial charge on any atom is -0.480 e. The third-order valence-corrected chi connectivity index (χ3v) is 1.88. The van der Waals surface area contributed by atoms with E-state index in [4.69, 9.17) is 0 Å². The lowest BCUT2D eigenvalue weighted by atomic mass is 10.1. The van der Waals surface area contributed by atoms with Gasteiger partial charge in [-0.1, -0.05) is 0 Å². The number of hydrogen-bond donors (Lipinski definition) is 0. The Balaban J connectivity index is 3.51. The van der Waals surface area contributed by atoms with Gasteiger partial charge in [-0.15, -0.1) is 0 Å². The van der Waals surface area contributed by atoms with Crippen LogP contribution in [0.25, 0.3) is 0 Å². The first-order chi connectivity index (χ1) is 7.81. The van der Waals surface area contributed by atoms with Crippen LogP contribution in [0.4, 0.5) is 22.0 Å². The molecule has 0 aromatic carbocycles. The molecule has 94 valence electrons. The zero-order valence-electron chi connectivity index (χ0n) is 8.39. The molecule has 1 heterocycles. The molecule has 3 nitrogen and oxygen atoms in total. The van der Waals surface area contributed by atoms with E-state index >= 15 is 0 Å². The molecule has 0 saturated carbocycles. The number of aromatic nitrogens is 1. The molecule has 0 aliphatic rings. The Bertz CT molecular complexity index is 430. The Hall–Kier alpha value is -1.73. The normalized spacial score (nSPS) is 11.7. The van der Waals surface area contributed by atoms with E-state index in [-0.39, 0.29) is 6.29 Å². The van der Waals surface area contributed by atoms with Gasteiger partial charge in [0.2, 0.25) is 5.88 Å². The van der Waals surface area contributed by atoms with E-state index < -0.39 is 35.3 Å². The van der Waals surface area contributed by atoms with Crippen LogP contribution in [0.3, 0.4) is 0 Å². The van der Waals surface area contributed by atoms with Crippen molar-refractivity contribution in [3.8, 4) is 5.88 Å². The smallest absolute Gasteiger partial charge is 0.418 e. The minimum atomic E-state index is -5.01. The summed E-state index contributed by atoms with van der Waals surface area (Å²) in [6.45, 7) is 0. The predicted octanol–water partition coefficient (Wildman–Crippen LogP) is 2.86. The van der Waals surface area contributed by atoms with E-state index in [1.807, 2.05) is 0 Å². The summed E-state index contributed by atoms with van der Waals surface area (Å²) in [5, 5.41) is 0. The fraction of sp³-hybridized carbons (Fsp3) is 0.333. The zero-order valence-corrected chi connectivity index (χ0v) is 8.39. The summed E-state index contributed by atoms with van der Waals surface area (Å²) in [7, 11) is 1.01. The molecule has 0 saturated heterocycles. The third kappa shape index (κ3) is 2.69. The second kappa shape index (κ2) is 4.64. The van der Waals surface area contributed by atoms with Crippen LogP contribution in [0, 0.1) is 0 Å². The number of carbonyl (C=O) groups excluding carboxylic acids is 1. The first-order valence-electron chi connectivity index (χ1n) is 4.20. The van der Waals surface area contributed by atoms with Gasteiger partial charge in [0, 0.05) is 0 Å². The number of hydrogen-bond acceptors (Lipinski definition) is 3. The molecule has 0 N–H and O–H groups in total. The molecule has 0 atom stereocenters. The summed E-state index contributed by atoms with van der Waals surface area (Å²) < 4.78 is 66.6. The average Bonchev–Trinajstić information content (AvgIpc) is 2.25. The molecule has 0 spiro atoms. The third-order valence-electron chi connectivity index (χ3n) is 1.88. The highest BCUT2D eigenvalue weighted by Gasteiger charge is 2.38. The molecule has 0 aliphatic heterocycles. The van der Waals surface area contributed by atoms with Crippen molar-refractivity contribution < 1.29 is 31.5 Å². The Morgan fingerprint density at radius 3 is 2.35 bits per heavy atom. The Kier molecular flexibility index (Phi) is 3.64. The standard InChI is InChI=1S/C9H6F5NO2/c1-17-8-4(3-16)2-5(9(12,13)14)6(15-8)7(10)11/h2-3,7H,1H3. The van der Waals surface area contributed by atoms with Crippen LogP contribution in [0.1, 0.15) is 28.0 Å². The van der Waals surface area contributed by atoms with E-state index in [9.17, 15) is 26.7 Å². The van der Waals surface area contributed by atoms with Gasteiger partial charge in [-0.2, -0.15) is 13.2 Å². The summed E-state index contributed by atoms with van der Waals surface area (Å²) in [4.78, 5) is 13.5. The van der Waals surface area contributed by atoms with Crippen LogP contribution in [-0.2, 0) is 6.18 Å². The summed E-state index contributed by atoms with van der Waals surface area (Å²) >= 11 is 0. The fourth-order valence-electron chi connectivity index (χ4n) is 1.17. The SMILES string of the molecule is COc1nc(C(F)F)c(C(F)(F)F)cc1C=O. The summed E-state index contributed by atoms with van der Waals surface area (Å²) in [5.41, 5.74) is -3.64. The highest BCUT2D eigenvalue weighted by Crippen LogP contribution is 2.37. The van der Waals surface area contributed by atoms with Gasteiger partial charge in [-0.05, 0) is 6.07 Å². The molecular weight excluding hydrogens is 249 g/mol. The van der Waals surface area contributed by atoms with Crippen molar-refractivity contribution in [2.24, 2.45) is 0 Å². The van der Waals surface area contributed by atoms with Gasteiger partial charge < -0.3 is 4.74 Å². The minimum absolute atomic E-state index is 0.0519. The zero-order chi connectivity index (χ0) is 13.2. The maximum absolute atomic E-state index is 12.4. The van der Waals surface area contributed by atoms with Gasteiger partial charge in [0.05, 0.1) is 18.2 Å². The van der Waals surface area contributed by atoms with Crippen molar-refractivity contribution in [1.29, 1.82) is 0 Å². The lowest BCUT2D eigenvalue weighted by Gasteiger charge is -2.13. The molecule has 0 unspecified atom stereocenters. The van der Waals surface area contributed by atoms with Crippen LogP contribution in [0.2, 0.25) is 0 Å². The second-order valence-electron chi connectivity index (χ2n) is 2.94. The van der Waals surface area contributed by atoms with Crippen LogP contribution in [0.15, 0.2) is 6.07 Å². The fourth-order valence-corrected chi connectivity index (χ4v) is 1.17. The first-order valence-corrected chi connectivity index (χ1v) is 4.20. The summed E-state index contributed by atoms with van der Waals surface area (Å²) in [6, 6.07) is 0.292. The number of ether oxygens (including phenoxy) is 1. The second-order valence-corrected chi connectivity index (χ2v) is 2.94. The number of pyridine rings is 1. The first kappa shape index (κ1) is 13.3. The molecule has 1 aromatic rings. The molecule has 1 rings (SSSR count). The molecule has 0 amide bonds. The number of halogens is 5. The van der Waals surface area contributed by atoms with Crippen LogP contribution >= 0.6 is 0 Å². The van der Waals surface area contributed by atoms with Crippen LogP contribution in [-0.4, -0.2) is 18.4 Å². The number of aldehydes is 1. The molecule has 0 aliphatic carbocycles. The topological polar surface area (TPSA) is 39.2 Å². The quantitative estimate of drug-likeness (QED) is 0.615.